The molecule has 1 atom stereocenters. The molecular weight excluding hydrogens is 402 g/mol. The molecule has 1 saturated heterocycles. The molecule has 1 amide bonds. The number of amides is 1. The van der Waals surface area contributed by atoms with Gasteiger partial charge < -0.3 is 9.64 Å². The molecule has 4 aromatic rings. The lowest BCUT2D eigenvalue weighted by Crippen LogP contribution is -2.39. The quantitative estimate of drug-likeness (QED) is 0.466. The fourth-order valence-electron chi connectivity index (χ4n) is 4.27. The van der Waals surface area contributed by atoms with Crippen LogP contribution in [0.4, 0.5) is 0 Å². The van der Waals surface area contributed by atoms with E-state index in [0.717, 1.165) is 47.6 Å². The maximum Gasteiger partial charge on any atom is 0.253 e. The number of ether oxygens (including phenoxy) is 1. The third-order valence-electron chi connectivity index (χ3n) is 5.83. The summed E-state index contributed by atoms with van der Waals surface area (Å²) in [6, 6.07) is 19.2. The first-order valence-corrected chi connectivity index (χ1v) is 11.0. The van der Waals surface area contributed by atoms with Gasteiger partial charge in [0.05, 0.1) is 12.2 Å². The molecule has 7 nitrogen and oxygen atoms in total. The smallest absolute Gasteiger partial charge is 0.253 e. The van der Waals surface area contributed by atoms with Crippen LogP contribution in [0.2, 0.25) is 0 Å². The number of carbonyl (C=O) groups excluding carboxylic acids is 1. The predicted octanol–water partition coefficient (Wildman–Crippen LogP) is 3.93. The van der Waals surface area contributed by atoms with Crippen LogP contribution in [0.15, 0.2) is 73.1 Å². The van der Waals surface area contributed by atoms with E-state index in [0.29, 0.717) is 19.7 Å². The number of rotatable bonds is 6. The highest BCUT2D eigenvalue weighted by Gasteiger charge is 2.29. The third kappa shape index (κ3) is 4.19. The van der Waals surface area contributed by atoms with E-state index in [1.165, 1.54) is 0 Å². The molecule has 0 aliphatic carbocycles. The summed E-state index contributed by atoms with van der Waals surface area (Å²) in [7, 11) is 0. The van der Waals surface area contributed by atoms with E-state index >= 15 is 0 Å². The van der Waals surface area contributed by atoms with Crippen LogP contribution in [0.5, 0.6) is 5.75 Å². The van der Waals surface area contributed by atoms with Crippen molar-refractivity contribution in [2.24, 2.45) is 0 Å². The fraction of sp³-hybridized carbons (Fsp3) is 0.280. The zero-order valence-corrected chi connectivity index (χ0v) is 17.8. The molecule has 0 spiro atoms. The van der Waals surface area contributed by atoms with Gasteiger partial charge in [-0.2, -0.15) is 5.10 Å². The van der Waals surface area contributed by atoms with Gasteiger partial charge in [-0.25, -0.2) is 14.6 Å². The number of hydrogen-bond donors (Lipinski definition) is 0. The molecule has 0 saturated carbocycles. The second kappa shape index (κ2) is 9.18. The number of hydrogen-bond acceptors (Lipinski definition) is 5. The van der Waals surface area contributed by atoms with Gasteiger partial charge in [-0.15, -0.1) is 0 Å². The molecular formula is C25H25N5O2. The van der Waals surface area contributed by atoms with Crippen molar-refractivity contribution in [3.05, 3.63) is 84.3 Å². The number of fused-ring (bicyclic) bond motifs is 1. The SMILES string of the molecule is O=C(c1ccccc1)N1CCCC(c2nn(CCOc3ccccc3)c3nccnc23)C1. The van der Waals surface area contributed by atoms with Crippen molar-refractivity contribution in [2.75, 3.05) is 19.7 Å². The molecule has 162 valence electrons. The van der Waals surface area contributed by atoms with Gasteiger partial charge in [-0.1, -0.05) is 36.4 Å². The molecule has 0 N–H and O–H groups in total. The number of benzene rings is 2. The molecule has 5 rings (SSSR count). The molecule has 2 aromatic heterocycles. The van der Waals surface area contributed by atoms with E-state index in [4.69, 9.17) is 9.84 Å². The zero-order chi connectivity index (χ0) is 21.8. The summed E-state index contributed by atoms with van der Waals surface area (Å²) in [4.78, 5) is 24.0. The first-order valence-electron chi connectivity index (χ1n) is 11.0. The van der Waals surface area contributed by atoms with Crippen LogP contribution in [0.3, 0.4) is 0 Å². The van der Waals surface area contributed by atoms with E-state index in [1.807, 2.05) is 70.2 Å². The molecule has 1 unspecified atom stereocenters. The van der Waals surface area contributed by atoms with Crippen molar-refractivity contribution in [1.82, 2.24) is 24.6 Å². The summed E-state index contributed by atoms with van der Waals surface area (Å²) >= 11 is 0. The van der Waals surface area contributed by atoms with E-state index in [9.17, 15) is 4.79 Å². The molecule has 1 aliphatic heterocycles. The minimum absolute atomic E-state index is 0.0707. The highest BCUT2D eigenvalue weighted by atomic mass is 16.5. The van der Waals surface area contributed by atoms with Crippen molar-refractivity contribution in [3.8, 4) is 5.75 Å². The summed E-state index contributed by atoms with van der Waals surface area (Å²) in [6.07, 6.45) is 5.30. The minimum atomic E-state index is 0.0707. The van der Waals surface area contributed by atoms with Crippen molar-refractivity contribution in [2.45, 2.75) is 25.3 Å². The van der Waals surface area contributed by atoms with Gasteiger partial charge in [0.15, 0.2) is 5.65 Å². The average Bonchev–Trinajstić information content (AvgIpc) is 3.24. The van der Waals surface area contributed by atoms with Crippen LogP contribution in [-0.2, 0) is 6.54 Å². The standard InChI is InChI=1S/C25H25N5O2/c31-25(19-8-3-1-4-9-19)29-15-7-10-20(18-29)22-23-24(27-14-13-26-23)30(28-22)16-17-32-21-11-5-2-6-12-21/h1-6,8-9,11-14,20H,7,10,15-18H2. The second-order valence-electron chi connectivity index (χ2n) is 7.95. The molecule has 2 aromatic carbocycles. The van der Waals surface area contributed by atoms with Crippen LogP contribution in [0.25, 0.3) is 11.2 Å². The lowest BCUT2D eigenvalue weighted by atomic mass is 9.94. The Labute approximate surface area is 186 Å². The maximum atomic E-state index is 13.0. The molecule has 0 radical (unpaired) electrons. The average molecular weight is 428 g/mol. The van der Waals surface area contributed by atoms with E-state index in [1.54, 1.807) is 12.4 Å². The Morgan fingerprint density at radius 1 is 1.00 bits per heavy atom. The summed E-state index contributed by atoms with van der Waals surface area (Å²) in [5, 5.41) is 4.88. The van der Waals surface area contributed by atoms with Crippen molar-refractivity contribution < 1.29 is 9.53 Å². The van der Waals surface area contributed by atoms with Gasteiger partial charge in [0.1, 0.15) is 17.9 Å². The Bertz CT molecular complexity index is 1190. The van der Waals surface area contributed by atoms with Crippen molar-refractivity contribution >= 4 is 17.1 Å². The molecule has 7 heteroatoms. The molecule has 0 bridgehead atoms. The van der Waals surface area contributed by atoms with Crippen LogP contribution in [0.1, 0.15) is 34.8 Å². The Balaban J connectivity index is 1.35. The van der Waals surface area contributed by atoms with E-state index in [-0.39, 0.29) is 11.8 Å². The zero-order valence-electron chi connectivity index (χ0n) is 17.8. The monoisotopic (exact) mass is 427 g/mol. The molecule has 3 heterocycles. The third-order valence-corrected chi connectivity index (χ3v) is 5.83. The minimum Gasteiger partial charge on any atom is -0.492 e. The lowest BCUT2D eigenvalue weighted by Gasteiger charge is -2.32. The van der Waals surface area contributed by atoms with E-state index < -0.39 is 0 Å². The largest absolute Gasteiger partial charge is 0.492 e. The van der Waals surface area contributed by atoms with Crippen molar-refractivity contribution in [3.63, 3.8) is 0 Å². The first-order chi connectivity index (χ1) is 15.8. The molecule has 32 heavy (non-hydrogen) atoms. The lowest BCUT2D eigenvalue weighted by molar-refractivity contribution is 0.0706. The summed E-state index contributed by atoms with van der Waals surface area (Å²) in [5.41, 5.74) is 3.21. The van der Waals surface area contributed by atoms with Gasteiger partial charge in [0.2, 0.25) is 0 Å². The van der Waals surface area contributed by atoms with Crippen LogP contribution < -0.4 is 4.74 Å². The summed E-state index contributed by atoms with van der Waals surface area (Å²) in [6.45, 7) is 2.46. The Kier molecular flexibility index (Phi) is 5.79. The predicted molar refractivity (Wildman–Crippen MR) is 122 cm³/mol. The van der Waals surface area contributed by atoms with Gasteiger partial charge >= 0.3 is 0 Å². The number of likely N-dealkylation sites (tertiary alicyclic amines) is 1. The number of nitrogens with zero attached hydrogens (tertiary/aromatic N) is 5. The topological polar surface area (TPSA) is 73.1 Å². The van der Waals surface area contributed by atoms with Crippen LogP contribution in [0, 0.1) is 0 Å². The number of aromatic nitrogens is 4. The number of carbonyl (C=O) groups is 1. The highest BCUT2D eigenvalue weighted by molar-refractivity contribution is 5.94. The normalized spacial score (nSPS) is 16.2. The van der Waals surface area contributed by atoms with Crippen molar-refractivity contribution in [1.29, 1.82) is 0 Å². The van der Waals surface area contributed by atoms with Gasteiger partial charge in [0.25, 0.3) is 5.91 Å². The maximum absolute atomic E-state index is 13.0. The second-order valence-corrected chi connectivity index (χ2v) is 7.95. The molecule has 1 aliphatic rings. The van der Waals surface area contributed by atoms with Gasteiger partial charge in [-0.3, -0.25) is 4.79 Å². The number of para-hydroxylation sites is 1. The van der Waals surface area contributed by atoms with Gasteiger partial charge in [-0.05, 0) is 37.1 Å². The molecule has 1 fully saturated rings. The van der Waals surface area contributed by atoms with E-state index in [2.05, 4.69) is 9.97 Å². The van der Waals surface area contributed by atoms with Crippen LogP contribution >= 0.6 is 0 Å². The Hall–Kier alpha value is -3.74. The van der Waals surface area contributed by atoms with Crippen LogP contribution in [-0.4, -0.2) is 50.3 Å². The number of piperidine rings is 1. The highest BCUT2D eigenvalue weighted by Crippen LogP contribution is 2.30. The summed E-state index contributed by atoms with van der Waals surface area (Å²) < 4.78 is 7.72. The Morgan fingerprint density at radius 3 is 2.56 bits per heavy atom. The van der Waals surface area contributed by atoms with Gasteiger partial charge in [0, 0.05) is 37.0 Å². The first kappa shape index (κ1) is 20.2. The fourth-order valence-corrected chi connectivity index (χ4v) is 4.27. The Morgan fingerprint density at radius 2 is 1.75 bits per heavy atom. The summed E-state index contributed by atoms with van der Waals surface area (Å²) in [5.74, 6) is 1.03.